The van der Waals surface area contributed by atoms with Gasteiger partial charge in [0.1, 0.15) is 12.0 Å². The molecule has 1 saturated heterocycles. The number of nitrogens with zero attached hydrogens (tertiary/aromatic N) is 2. The second-order valence-corrected chi connectivity index (χ2v) is 5.65. The Morgan fingerprint density at radius 2 is 2.15 bits per heavy atom. The zero-order chi connectivity index (χ0) is 14.9. The molecule has 1 fully saturated rings. The number of rotatable bonds is 4. The second kappa shape index (κ2) is 5.89. The van der Waals surface area contributed by atoms with Gasteiger partial charge in [0.15, 0.2) is 0 Å². The molecule has 110 valence electrons. The van der Waals surface area contributed by atoms with Crippen LogP contribution in [-0.4, -0.2) is 48.4 Å². The van der Waals surface area contributed by atoms with Crippen molar-refractivity contribution in [3.8, 4) is 0 Å². The van der Waals surface area contributed by atoms with Gasteiger partial charge < -0.3 is 9.80 Å². The lowest BCUT2D eigenvalue weighted by Crippen LogP contribution is -2.41. The first-order valence-electron chi connectivity index (χ1n) is 6.88. The second-order valence-electron chi connectivity index (χ2n) is 5.65. The number of carbonyl (C=O) groups is 1. The summed E-state index contributed by atoms with van der Waals surface area (Å²) in [6.45, 7) is 4.53. The highest BCUT2D eigenvalue weighted by atomic mass is 19.1. The lowest BCUT2D eigenvalue weighted by Gasteiger charge is -2.30. The predicted octanol–water partition coefficient (Wildman–Crippen LogP) is 1.59. The van der Waals surface area contributed by atoms with Crippen LogP contribution in [0.1, 0.15) is 25.6 Å². The van der Waals surface area contributed by atoms with Gasteiger partial charge in [-0.2, -0.15) is 0 Å². The van der Waals surface area contributed by atoms with Crippen molar-refractivity contribution in [3.63, 3.8) is 0 Å². The van der Waals surface area contributed by atoms with E-state index in [1.807, 2.05) is 27.1 Å². The monoisotopic (exact) mass is 279 g/mol. The van der Waals surface area contributed by atoms with Crippen molar-refractivity contribution < 1.29 is 9.18 Å². The first-order chi connectivity index (χ1) is 9.40. The molecule has 2 rings (SSSR count). The maximum absolute atomic E-state index is 13.4. The Balaban J connectivity index is 2.24. The number of benzene rings is 1. The zero-order valence-corrected chi connectivity index (χ0v) is 12.4. The van der Waals surface area contributed by atoms with Gasteiger partial charge in [-0.15, -0.1) is 0 Å². The Morgan fingerprint density at radius 3 is 2.75 bits per heavy atom. The van der Waals surface area contributed by atoms with Crippen molar-refractivity contribution >= 4 is 5.91 Å². The molecular weight excluding hydrogens is 257 g/mol. The maximum Gasteiger partial charge on any atom is 0.241 e. The molecule has 0 spiro atoms. The van der Waals surface area contributed by atoms with E-state index in [1.165, 1.54) is 12.1 Å². The smallest absolute Gasteiger partial charge is 0.241 e. The number of hydrogen-bond donors (Lipinski definition) is 1. The van der Waals surface area contributed by atoms with Gasteiger partial charge in [-0.05, 0) is 45.6 Å². The summed E-state index contributed by atoms with van der Waals surface area (Å²) in [5.41, 5.74) is 0.786. The van der Waals surface area contributed by atoms with Crippen LogP contribution in [-0.2, 0) is 4.79 Å². The Hall–Kier alpha value is -1.46. The highest BCUT2D eigenvalue weighted by Gasteiger charge is 2.37. The predicted molar refractivity (Wildman–Crippen MR) is 76.6 cm³/mol. The van der Waals surface area contributed by atoms with Gasteiger partial charge in [0.25, 0.3) is 0 Å². The van der Waals surface area contributed by atoms with E-state index in [2.05, 4.69) is 17.1 Å². The molecule has 1 heterocycles. The average molecular weight is 279 g/mol. The number of likely N-dealkylation sites (N-methyl/N-ethyl adjacent to an activating group) is 1. The van der Waals surface area contributed by atoms with Crippen molar-refractivity contribution in [1.29, 1.82) is 0 Å². The van der Waals surface area contributed by atoms with Gasteiger partial charge in [0, 0.05) is 12.6 Å². The highest BCUT2D eigenvalue weighted by molar-refractivity contribution is 5.84. The van der Waals surface area contributed by atoms with Gasteiger partial charge in [0.05, 0.1) is 6.04 Å². The molecule has 1 amide bonds. The van der Waals surface area contributed by atoms with Gasteiger partial charge >= 0.3 is 0 Å². The third kappa shape index (κ3) is 2.99. The SMILES string of the molecule is CC1NC(c2cccc(F)c2)N(CC(C)N(C)C)C1=O. The van der Waals surface area contributed by atoms with Crippen LogP contribution in [0, 0.1) is 5.82 Å². The molecule has 0 radical (unpaired) electrons. The minimum atomic E-state index is -0.281. The van der Waals surface area contributed by atoms with E-state index in [-0.39, 0.29) is 30.0 Å². The number of hydrogen-bond acceptors (Lipinski definition) is 3. The summed E-state index contributed by atoms with van der Waals surface area (Å²) in [6, 6.07) is 6.42. The van der Waals surface area contributed by atoms with Crippen molar-refractivity contribution in [1.82, 2.24) is 15.1 Å². The van der Waals surface area contributed by atoms with Crippen LogP contribution in [0.15, 0.2) is 24.3 Å². The van der Waals surface area contributed by atoms with Crippen LogP contribution in [0.3, 0.4) is 0 Å². The van der Waals surface area contributed by atoms with Gasteiger partial charge in [-0.25, -0.2) is 4.39 Å². The molecule has 1 N–H and O–H groups in total. The fourth-order valence-electron chi connectivity index (χ4n) is 2.37. The number of nitrogens with one attached hydrogen (secondary N) is 1. The van der Waals surface area contributed by atoms with E-state index in [1.54, 1.807) is 11.0 Å². The van der Waals surface area contributed by atoms with Crippen molar-refractivity contribution in [2.45, 2.75) is 32.1 Å². The summed E-state index contributed by atoms with van der Waals surface area (Å²) in [7, 11) is 3.97. The van der Waals surface area contributed by atoms with E-state index >= 15 is 0 Å². The molecule has 1 aromatic carbocycles. The first kappa shape index (κ1) is 14.9. The fourth-order valence-corrected chi connectivity index (χ4v) is 2.37. The summed E-state index contributed by atoms with van der Waals surface area (Å²) < 4.78 is 13.4. The van der Waals surface area contributed by atoms with Crippen LogP contribution in [0.4, 0.5) is 4.39 Å². The van der Waals surface area contributed by atoms with Crippen molar-refractivity contribution in [2.24, 2.45) is 0 Å². The molecule has 1 aliphatic heterocycles. The number of halogens is 1. The summed E-state index contributed by atoms with van der Waals surface area (Å²) >= 11 is 0. The van der Waals surface area contributed by atoms with Crippen molar-refractivity contribution in [2.75, 3.05) is 20.6 Å². The van der Waals surface area contributed by atoms with Crippen LogP contribution >= 0.6 is 0 Å². The molecule has 3 atom stereocenters. The lowest BCUT2D eigenvalue weighted by molar-refractivity contribution is -0.130. The molecule has 20 heavy (non-hydrogen) atoms. The minimum absolute atomic E-state index is 0.0629. The summed E-state index contributed by atoms with van der Waals surface area (Å²) in [4.78, 5) is 16.1. The third-order valence-electron chi connectivity index (χ3n) is 3.88. The van der Waals surface area contributed by atoms with E-state index in [4.69, 9.17) is 0 Å². The first-order valence-corrected chi connectivity index (χ1v) is 6.88. The van der Waals surface area contributed by atoms with Crippen LogP contribution < -0.4 is 5.32 Å². The van der Waals surface area contributed by atoms with Gasteiger partial charge in [0.2, 0.25) is 5.91 Å². The Labute approximate surface area is 119 Å². The Bertz CT molecular complexity index is 492. The highest BCUT2D eigenvalue weighted by Crippen LogP contribution is 2.26. The molecule has 0 bridgehead atoms. The third-order valence-corrected chi connectivity index (χ3v) is 3.88. The summed E-state index contributed by atoms with van der Waals surface area (Å²) in [5.74, 6) is -0.218. The molecule has 1 aromatic rings. The molecule has 5 heteroatoms. The quantitative estimate of drug-likeness (QED) is 0.909. The Kier molecular flexibility index (Phi) is 4.40. The average Bonchev–Trinajstić information content (AvgIpc) is 2.67. The standard InChI is InChI=1S/C15H22FN3O/c1-10(18(3)4)9-19-14(17-11(2)15(19)20)12-6-5-7-13(16)8-12/h5-8,10-11,14,17H,9H2,1-4H3. The molecular formula is C15H22FN3O. The number of amides is 1. The summed E-state index contributed by atoms with van der Waals surface area (Å²) in [6.07, 6.45) is -0.254. The van der Waals surface area contributed by atoms with E-state index in [9.17, 15) is 9.18 Å². The maximum atomic E-state index is 13.4. The topological polar surface area (TPSA) is 35.6 Å². The zero-order valence-electron chi connectivity index (χ0n) is 12.4. The fraction of sp³-hybridized carbons (Fsp3) is 0.533. The van der Waals surface area contributed by atoms with E-state index in [0.717, 1.165) is 5.56 Å². The normalized spacial score (nSPS) is 24.5. The van der Waals surface area contributed by atoms with Crippen LogP contribution in [0.25, 0.3) is 0 Å². The minimum Gasteiger partial charge on any atom is -0.320 e. The van der Waals surface area contributed by atoms with Crippen LogP contribution in [0.2, 0.25) is 0 Å². The van der Waals surface area contributed by atoms with Gasteiger partial charge in [-0.3, -0.25) is 10.1 Å². The molecule has 4 nitrogen and oxygen atoms in total. The lowest BCUT2D eigenvalue weighted by atomic mass is 10.1. The van der Waals surface area contributed by atoms with E-state index < -0.39 is 0 Å². The molecule has 0 aliphatic carbocycles. The molecule has 0 aromatic heterocycles. The Morgan fingerprint density at radius 1 is 1.45 bits per heavy atom. The molecule has 0 saturated carbocycles. The molecule has 1 aliphatic rings. The van der Waals surface area contributed by atoms with Crippen molar-refractivity contribution in [3.05, 3.63) is 35.6 Å². The number of carbonyl (C=O) groups excluding carboxylic acids is 1. The van der Waals surface area contributed by atoms with E-state index in [0.29, 0.717) is 6.54 Å². The largest absolute Gasteiger partial charge is 0.320 e. The summed E-state index contributed by atoms with van der Waals surface area (Å²) in [5, 5.41) is 3.23. The molecule has 3 unspecified atom stereocenters. The van der Waals surface area contributed by atoms with Gasteiger partial charge in [-0.1, -0.05) is 12.1 Å². The van der Waals surface area contributed by atoms with Crippen LogP contribution in [0.5, 0.6) is 0 Å².